The second-order valence-corrected chi connectivity index (χ2v) is 7.53. The molecule has 0 saturated carbocycles. The Balaban J connectivity index is 2.21. The first-order valence-electron chi connectivity index (χ1n) is 9.01. The molecule has 1 fully saturated rings. The largest absolute Gasteiger partial charge is 0.496 e. The summed E-state index contributed by atoms with van der Waals surface area (Å²) >= 11 is 3.55. The third-order valence-corrected chi connectivity index (χ3v) is 5.57. The van der Waals surface area contributed by atoms with Gasteiger partial charge in [-0.25, -0.2) is 0 Å². The number of hydrogen-bond donors (Lipinski definition) is 1. The first-order valence-corrected chi connectivity index (χ1v) is 9.81. The van der Waals surface area contributed by atoms with E-state index in [1.807, 2.05) is 42.5 Å². The maximum atomic E-state index is 12.0. The van der Waals surface area contributed by atoms with Crippen LogP contribution in [0.15, 0.2) is 46.9 Å². The average Bonchev–Trinajstić information content (AvgIpc) is 2.69. The minimum atomic E-state index is -0.788. The van der Waals surface area contributed by atoms with Gasteiger partial charge in [-0.3, -0.25) is 9.69 Å². The van der Waals surface area contributed by atoms with Crippen molar-refractivity contribution in [3.8, 4) is 11.5 Å². The third-order valence-electron chi connectivity index (χ3n) is 5.08. The van der Waals surface area contributed by atoms with Gasteiger partial charge in [0.1, 0.15) is 17.5 Å². The van der Waals surface area contributed by atoms with E-state index in [2.05, 4.69) is 20.8 Å². The van der Waals surface area contributed by atoms with E-state index in [0.29, 0.717) is 13.0 Å². The molecule has 3 rings (SSSR count). The van der Waals surface area contributed by atoms with Crippen LogP contribution in [-0.2, 0) is 4.79 Å². The molecule has 6 heteroatoms. The van der Waals surface area contributed by atoms with Crippen molar-refractivity contribution < 1.29 is 19.4 Å². The van der Waals surface area contributed by atoms with E-state index in [-0.39, 0.29) is 6.04 Å². The minimum absolute atomic E-state index is 0.282. The van der Waals surface area contributed by atoms with Crippen LogP contribution in [-0.4, -0.2) is 42.8 Å². The fraction of sp³-hybridized carbons (Fsp3) is 0.381. The Morgan fingerprint density at radius 2 is 1.81 bits per heavy atom. The molecule has 2 aromatic rings. The summed E-state index contributed by atoms with van der Waals surface area (Å²) in [4.78, 5) is 14.1. The zero-order valence-electron chi connectivity index (χ0n) is 15.5. The molecular formula is C21H24BrNO4. The van der Waals surface area contributed by atoms with Crippen molar-refractivity contribution in [2.75, 3.05) is 20.8 Å². The molecule has 0 spiro atoms. The zero-order chi connectivity index (χ0) is 19.4. The van der Waals surface area contributed by atoms with Crippen molar-refractivity contribution in [2.24, 2.45) is 0 Å². The fourth-order valence-corrected chi connectivity index (χ4v) is 4.24. The summed E-state index contributed by atoms with van der Waals surface area (Å²) in [6.45, 7) is 0.704. The normalized spacial score (nSPS) is 18.7. The highest BCUT2D eigenvalue weighted by Gasteiger charge is 2.37. The number of likely N-dealkylation sites (tertiary alicyclic amines) is 1. The average molecular weight is 434 g/mol. The molecule has 27 heavy (non-hydrogen) atoms. The van der Waals surface area contributed by atoms with Gasteiger partial charge in [-0.05, 0) is 43.7 Å². The Kier molecular flexibility index (Phi) is 6.39. The molecule has 1 aliphatic rings. The number of carboxylic acid groups (broad SMARTS) is 1. The van der Waals surface area contributed by atoms with Crippen LogP contribution >= 0.6 is 15.9 Å². The lowest BCUT2D eigenvalue weighted by Crippen LogP contribution is -2.47. The number of benzene rings is 2. The molecule has 2 atom stereocenters. The number of rotatable bonds is 6. The Morgan fingerprint density at radius 1 is 1.11 bits per heavy atom. The van der Waals surface area contributed by atoms with Crippen LogP contribution in [0.3, 0.4) is 0 Å². The molecule has 0 aromatic heterocycles. The topological polar surface area (TPSA) is 59.0 Å². The van der Waals surface area contributed by atoms with Crippen LogP contribution in [0.4, 0.5) is 0 Å². The molecule has 0 aliphatic carbocycles. The second kappa shape index (κ2) is 8.76. The number of hydrogen-bond acceptors (Lipinski definition) is 4. The van der Waals surface area contributed by atoms with Crippen molar-refractivity contribution in [3.63, 3.8) is 0 Å². The summed E-state index contributed by atoms with van der Waals surface area (Å²) in [6, 6.07) is 12.8. The van der Waals surface area contributed by atoms with Crippen molar-refractivity contribution in [1.29, 1.82) is 0 Å². The number of ether oxygens (including phenoxy) is 2. The number of aliphatic carboxylic acids is 1. The van der Waals surface area contributed by atoms with Gasteiger partial charge in [-0.15, -0.1) is 0 Å². The lowest BCUT2D eigenvalue weighted by molar-refractivity contribution is -0.145. The number of nitrogens with zero attached hydrogens (tertiary/aromatic N) is 1. The second-order valence-electron chi connectivity index (χ2n) is 6.62. The van der Waals surface area contributed by atoms with Crippen LogP contribution in [0.1, 0.15) is 36.4 Å². The van der Waals surface area contributed by atoms with Gasteiger partial charge in [0, 0.05) is 15.6 Å². The molecule has 2 aromatic carbocycles. The molecular weight excluding hydrogens is 410 g/mol. The highest BCUT2D eigenvalue weighted by Crippen LogP contribution is 2.42. The number of halogens is 1. The van der Waals surface area contributed by atoms with Gasteiger partial charge in [-0.1, -0.05) is 40.5 Å². The molecule has 144 valence electrons. The van der Waals surface area contributed by atoms with E-state index >= 15 is 0 Å². The van der Waals surface area contributed by atoms with E-state index in [4.69, 9.17) is 9.47 Å². The van der Waals surface area contributed by atoms with Gasteiger partial charge in [0.25, 0.3) is 0 Å². The van der Waals surface area contributed by atoms with Crippen molar-refractivity contribution in [2.45, 2.75) is 31.3 Å². The lowest BCUT2D eigenvalue weighted by Gasteiger charge is -2.40. The molecule has 5 nitrogen and oxygen atoms in total. The number of methoxy groups -OCH3 is 2. The maximum absolute atomic E-state index is 12.0. The van der Waals surface area contributed by atoms with Gasteiger partial charge >= 0.3 is 5.97 Å². The maximum Gasteiger partial charge on any atom is 0.320 e. The van der Waals surface area contributed by atoms with Crippen LogP contribution in [0.25, 0.3) is 0 Å². The van der Waals surface area contributed by atoms with E-state index in [9.17, 15) is 9.90 Å². The van der Waals surface area contributed by atoms with Crippen molar-refractivity contribution >= 4 is 21.9 Å². The molecule has 0 bridgehead atoms. The molecule has 2 unspecified atom stereocenters. The Labute approximate surface area is 168 Å². The van der Waals surface area contributed by atoms with E-state index < -0.39 is 12.0 Å². The smallest absolute Gasteiger partial charge is 0.320 e. The minimum Gasteiger partial charge on any atom is -0.496 e. The molecule has 1 N–H and O–H groups in total. The predicted octanol–water partition coefficient (Wildman–Crippen LogP) is 4.49. The summed E-state index contributed by atoms with van der Waals surface area (Å²) in [6.07, 6.45) is 2.52. The van der Waals surface area contributed by atoms with E-state index in [1.54, 1.807) is 14.2 Å². The third kappa shape index (κ3) is 4.12. The standard InChI is InChI=1S/C21H24BrNO4/c1-26-18-9-4-3-7-15(18)20(16-13-14(22)10-11-19(16)27-2)23-12-6-5-8-17(23)21(24)25/h3-4,7,9-11,13,17,20H,5-6,8,12H2,1-2H3,(H,24,25). The Bertz CT molecular complexity index is 811. The summed E-state index contributed by atoms with van der Waals surface area (Å²) in [5.41, 5.74) is 1.86. The van der Waals surface area contributed by atoms with Gasteiger partial charge in [0.05, 0.1) is 20.3 Å². The van der Waals surface area contributed by atoms with E-state index in [1.165, 1.54) is 0 Å². The summed E-state index contributed by atoms with van der Waals surface area (Å²) in [7, 11) is 3.27. The number of carboxylic acids is 1. The molecule has 0 radical (unpaired) electrons. The first-order chi connectivity index (χ1) is 13.1. The number of para-hydroxylation sites is 1. The summed E-state index contributed by atoms with van der Waals surface area (Å²) in [5, 5.41) is 9.85. The molecule has 0 amide bonds. The quantitative estimate of drug-likeness (QED) is 0.726. The number of carbonyl (C=O) groups is 1. The van der Waals surface area contributed by atoms with Crippen molar-refractivity contribution in [1.82, 2.24) is 4.90 Å². The van der Waals surface area contributed by atoms with Gasteiger partial charge < -0.3 is 14.6 Å². The van der Waals surface area contributed by atoms with Crippen molar-refractivity contribution in [3.05, 3.63) is 58.1 Å². The highest BCUT2D eigenvalue weighted by molar-refractivity contribution is 9.10. The summed E-state index contributed by atoms with van der Waals surface area (Å²) in [5.74, 6) is 0.673. The highest BCUT2D eigenvalue weighted by atomic mass is 79.9. The van der Waals surface area contributed by atoms with Crippen LogP contribution < -0.4 is 9.47 Å². The molecule has 1 heterocycles. The monoisotopic (exact) mass is 433 g/mol. The number of piperidine rings is 1. The summed E-state index contributed by atoms with van der Waals surface area (Å²) < 4.78 is 12.2. The van der Waals surface area contributed by atoms with Crippen LogP contribution in [0.5, 0.6) is 11.5 Å². The van der Waals surface area contributed by atoms with Gasteiger partial charge in [0.15, 0.2) is 0 Å². The lowest BCUT2D eigenvalue weighted by atomic mass is 9.90. The predicted molar refractivity (Wildman–Crippen MR) is 108 cm³/mol. The molecule has 1 aliphatic heterocycles. The van der Waals surface area contributed by atoms with E-state index in [0.717, 1.165) is 39.9 Å². The Hall–Kier alpha value is -2.05. The zero-order valence-corrected chi connectivity index (χ0v) is 17.1. The van der Waals surface area contributed by atoms with Crippen LogP contribution in [0.2, 0.25) is 0 Å². The van der Waals surface area contributed by atoms with Gasteiger partial charge in [-0.2, -0.15) is 0 Å². The fourth-order valence-electron chi connectivity index (χ4n) is 3.86. The molecule has 1 saturated heterocycles. The van der Waals surface area contributed by atoms with Crippen LogP contribution in [0, 0.1) is 0 Å². The van der Waals surface area contributed by atoms with Gasteiger partial charge in [0.2, 0.25) is 0 Å². The first kappa shape index (κ1) is 19.7. The Morgan fingerprint density at radius 3 is 2.52 bits per heavy atom. The SMILES string of the molecule is COc1ccccc1C(c1cc(Br)ccc1OC)N1CCCCC1C(=O)O.